The molecule has 0 N–H and O–H groups in total. The van der Waals surface area contributed by atoms with Crippen molar-refractivity contribution in [1.82, 2.24) is 0 Å². The monoisotopic (exact) mass is 536 g/mol. The van der Waals surface area contributed by atoms with Crippen molar-refractivity contribution in [1.29, 1.82) is 0 Å². The fourth-order valence-corrected chi connectivity index (χ4v) is 5.16. The molecule has 220 valence electrons. The Hall–Kier alpha value is -2.09. The van der Waals surface area contributed by atoms with Crippen molar-refractivity contribution in [2.75, 3.05) is 6.61 Å². The smallest absolute Gasteiger partial charge is 0.309 e. The van der Waals surface area contributed by atoms with Gasteiger partial charge in [-0.3, -0.25) is 4.79 Å². The largest absolute Gasteiger partial charge is 0.465 e. The van der Waals surface area contributed by atoms with Gasteiger partial charge in [-0.1, -0.05) is 83.7 Å². The number of hydrogen-bond acceptors (Lipinski definition) is 2. The first-order valence-electron chi connectivity index (χ1n) is 15.7. The zero-order valence-electron chi connectivity index (χ0n) is 26.7. The van der Waals surface area contributed by atoms with Crippen molar-refractivity contribution in [3.8, 4) is 0 Å². The molecule has 0 aliphatic heterocycles. The number of hydrogen-bond donors (Lipinski definition) is 0. The van der Waals surface area contributed by atoms with Crippen molar-refractivity contribution < 1.29 is 9.53 Å². The van der Waals surface area contributed by atoms with Crippen LogP contribution in [-0.4, -0.2) is 12.6 Å². The van der Waals surface area contributed by atoms with E-state index in [-0.39, 0.29) is 11.9 Å². The summed E-state index contributed by atoms with van der Waals surface area (Å²) in [7, 11) is 0. The third-order valence-electron chi connectivity index (χ3n) is 7.64. The van der Waals surface area contributed by atoms with Crippen LogP contribution in [0.3, 0.4) is 0 Å². The van der Waals surface area contributed by atoms with Crippen molar-refractivity contribution >= 4 is 5.97 Å². The van der Waals surface area contributed by atoms with Gasteiger partial charge in [0, 0.05) is 0 Å². The minimum absolute atomic E-state index is 0.00857. The number of unbranched alkanes of at least 4 members (excludes halogenated alkanes) is 1. The van der Waals surface area contributed by atoms with E-state index in [0.29, 0.717) is 12.5 Å². The molecule has 2 atom stereocenters. The predicted molar refractivity (Wildman–Crippen MR) is 172 cm³/mol. The maximum absolute atomic E-state index is 12.9. The molecule has 0 bridgehead atoms. The maximum Gasteiger partial charge on any atom is 0.309 e. The lowest BCUT2D eigenvalue weighted by atomic mass is 9.78. The molecule has 0 saturated carbocycles. The highest BCUT2D eigenvalue weighted by Gasteiger charge is 2.28. The molecule has 0 amide bonds. The van der Waals surface area contributed by atoms with Gasteiger partial charge in [-0.2, -0.15) is 0 Å². The molecule has 0 saturated heterocycles. The van der Waals surface area contributed by atoms with Crippen LogP contribution in [-0.2, 0) is 9.53 Å². The van der Waals surface area contributed by atoms with Crippen LogP contribution in [0.15, 0.2) is 70.4 Å². The summed E-state index contributed by atoms with van der Waals surface area (Å²) in [5.74, 6) is 0.465. The van der Waals surface area contributed by atoms with E-state index in [9.17, 15) is 4.79 Å². The van der Waals surface area contributed by atoms with E-state index in [2.05, 4.69) is 85.4 Å². The highest BCUT2D eigenvalue weighted by Crippen LogP contribution is 2.35. The molecule has 1 aliphatic rings. The van der Waals surface area contributed by atoms with Gasteiger partial charge in [0.25, 0.3) is 0 Å². The van der Waals surface area contributed by atoms with E-state index in [0.717, 1.165) is 89.9 Å². The molecular formula is C37H60O2. The molecule has 1 aliphatic carbocycles. The zero-order valence-corrected chi connectivity index (χ0v) is 26.7. The van der Waals surface area contributed by atoms with Crippen molar-refractivity contribution in [2.24, 2.45) is 11.8 Å². The molecule has 2 heteroatoms. The minimum atomic E-state index is 0.00857. The lowest BCUT2D eigenvalue weighted by Gasteiger charge is -2.28. The van der Waals surface area contributed by atoms with Gasteiger partial charge in [-0.05, 0) is 131 Å². The third-order valence-corrected chi connectivity index (χ3v) is 7.64. The average molecular weight is 537 g/mol. The Morgan fingerprint density at radius 3 is 2.05 bits per heavy atom. The average Bonchev–Trinajstić information content (AvgIpc) is 2.87. The van der Waals surface area contributed by atoms with Gasteiger partial charge < -0.3 is 4.74 Å². The molecule has 0 aromatic carbocycles. The zero-order chi connectivity index (χ0) is 29.0. The van der Waals surface area contributed by atoms with Crippen LogP contribution in [0.25, 0.3) is 0 Å². The van der Waals surface area contributed by atoms with E-state index in [1.54, 1.807) is 0 Å². The van der Waals surface area contributed by atoms with Gasteiger partial charge in [0.2, 0.25) is 0 Å². The Bertz CT molecular complexity index is 884. The van der Waals surface area contributed by atoms with Crippen LogP contribution in [0, 0.1) is 11.8 Å². The van der Waals surface area contributed by atoms with Crippen LogP contribution in [0.2, 0.25) is 0 Å². The molecule has 1 rings (SSSR count). The second-order valence-corrected chi connectivity index (χ2v) is 12.4. The fraction of sp³-hybridized carbons (Fsp3) is 0.649. The summed E-state index contributed by atoms with van der Waals surface area (Å²) >= 11 is 0. The van der Waals surface area contributed by atoms with Crippen molar-refractivity contribution in [2.45, 2.75) is 138 Å². The molecule has 0 spiro atoms. The highest BCUT2D eigenvalue weighted by molar-refractivity contribution is 5.73. The molecule has 39 heavy (non-hydrogen) atoms. The van der Waals surface area contributed by atoms with Crippen LogP contribution >= 0.6 is 0 Å². The normalized spacial score (nSPS) is 17.9. The SMILES string of the molecule is C=C(CC/C=C(\C)CCC=C(C)C)CC[C@@H]1C=C(CC/C=C(\C)CCC=C(C)C)C[C@@H](C(=O)OCCCC)C1. The second kappa shape index (κ2) is 20.8. The summed E-state index contributed by atoms with van der Waals surface area (Å²) in [5.41, 5.74) is 8.51. The van der Waals surface area contributed by atoms with Gasteiger partial charge >= 0.3 is 5.97 Å². The van der Waals surface area contributed by atoms with Crippen LogP contribution in [0.1, 0.15) is 138 Å². The Labute approximate surface area is 242 Å². The van der Waals surface area contributed by atoms with E-state index in [1.165, 1.54) is 33.4 Å². The number of carbonyl (C=O) groups is 1. The minimum Gasteiger partial charge on any atom is -0.465 e. The molecular weight excluding hydrogens is 476 g/mol. The Kier molecular flexibility index (Phi) is 18.6. The van der Waals surface area contributed by atoms with E-state index >= 15 is 0 Å². The topological polar surface area (TPSA) is 26.3 Å². The van der Waals surface area contributed by atoms with Gasteiger partial charge in [-0.15, -0.1) is 0 Å². The quantitative estimate of drug-likeness (QED) is 0.0932. The Morgan fingerprint density at radius 2 is 1.46 bits per heavy atom. The fourth-order valence-electron chi connectivity index (χ4n) is 5.16. The predicted octanol–water partition coefficient (Wildman–Crippen LogP) is 11.6. The van der Waals surface area contributed by atoms with Gasteiger partial charge in [-0.25, -0.2) is 0 Å². The summed E-state index contributed by atoms with van der Waals surface area (Å²) in [6.07, 6.45) is 26.6. The first kappa shape index (κ1) is 34.9. The molecule has 0 aromatic heterocycles. The third kappa shape index (κ3) is 18.0. The van der Waals surface area contributed by atoms with Gasteiger partial charge in [0.1, 0.15) is 0 Å². The molecule has 0 aromatic rings. The summed E-state index contributed by atoms with van der Waals surface area (Å²) in [5, 5.41) is 0. The van der Waals surface area contributed by atoms with E-state index in [1.807, 2.05) is 0 Å². The molecule has 0 radical (unpaired) electrons. The number of allylic oxidation sites excluding steroid dienone is 11. The number of esters is 1. The molecule has 0 heterocycles. The first-order valence-corrected chi connectivity index (χ1v) is 15.7. The van der Waals surface area contributed by atoms with Crippen LogP contribution < -0.4 is 0 Å². The van der Waals surface area contributed by atoms with Crippen LogP contribution in [0.5, 0.6) is 0 Å². The van der Waals surface area contributed by atoms with E-state index < -0.39 is 0 Å². The lowest BCUT2D eigenvalue weighted by molar-refractivity contribution is -0.149. The summed E-state index contributed by atoms with van der Waals surface area (Å²) in [4.78, 5) is 12.9. The highest BCUT2D eigenvalue weighted by atomic mass is 16.5. The van der Waals surface area contributed by atoms with Gasteiger partial charge in [0.05, 0.1) is 12.5 Å². The van der Waals surface area contributed by atoms with Crippen molar-refractivity contribution in [3.05, 3.63) is 70.4 Å². The standard InChI is InChI=1S/C37H60O2/c1-9-10-25-39-37(38)36-27-34(22-14-21-32(7)18-12-16-30(4)5)26-35(28-36)24-23-33(8)20-13-19-31(6)17-11-15-29(2)3/h15-16,19,21,26,35-36H,8-14,17-18,20,22-25,27-28H2,1-7H3/b31-19+,32-21+/t35-,36-/m1/s1. The number of rotatable bonds is 19. The summed E-state index contributed by atoms with van der Waals surface area (Å²) in [6.45, 7) is 20.2. The van der Waals surface area contributed by atoms with Crippen molar-refractivity contribution in [3.63, 3.8) is 0 Å². The summed E-state index contributed by atoms with van der Waals surface area (Å²) in [6, 6.07) is 0. The van der Waals surface area contributed by atoms with E-state index in [4.69, 9.17) is 4.74 Å². The Balaban J connectivity index is 2.66. The van der Waals surface area contributed by atoms with Crippen LogP contribution in [0.4, 0.5) is 0 Å². The Morgan fingerprint density at radius 1 is 0.872 bits per heavy atom. The second-order valence-electron chi connectivity index (χ2n) is 12.4. The van der Waals surface area contributed by atoms with Gasteiger partial charge in [0.15, 0.2) is 0 Å². The number of carbonyl (C=O) groups excluding carboxylic acids is 1. The first-order chi connectivity index (χ1) is 18.6. The molecule has 0 fully saturated rings. The molecule has 0 unspecified atom stereocenters. The number of ether oxygens (including phenoxy) is 1. The molecule has 2 nitrogen and oxygen atoms in total. The maximum atomic E-state index is 12.9. The lowest BCUT2D eigenvalue weighted by Crippen LogP contribution is -2.25. The summed E-state index contributed by atoms with van der Waals surface area (Å²) < 4.78 is 5.66.